The number of allylic oxidation sites excluding steroid dienone is 3. The molecule has 1 atom stereocenters. The topological polar surface area (TPSA) is 47.0 Å². The number of imidazole rings is 1. The second kappa shape index (κ2) is 9.47. The van der Waals surface area contributed by atoms with Crippen molar-refractivity contribution in [2.24, 2.45) is 5.92 Å². The lowest BCUT2D eigenvalue weighted by Gasteiger charge is -2.08. The van der Waals surface area contributed by atoms with Crippen LogP contribution in [0.25, 0.3) is 11.0 Å². The van der Waals surface area contributed by atoms with Crippen LogP contribution >= 0.6 is 0 Å². The molecular formula is C22H26N2O2. The van der Waals surface area contributed by atoms with Gasteiger partial charge in [-0.3, -0.25) is 4.57 Å². The van der Waals surface area contributed by atoms with Crippen molar-refractivity contribution < 1.29 is 4.74 Å². The van der Waals surface area contributed by atoms with Crippen LogP contribution < -0.4 is 10.4 Å². The van der Waals surface area contributed by atoms with Gasteiger partial charge in [-0.25, -0.2) is 4.79 Å². The van der Waals surface area contributed by atoms with E-state index in [1.807, 2.05) is 68.5 Å². The van der Waals surface area contributed by atoms with Crippen LogP contribution in [-0.2, 0) is 6.54 Å². The van der Waals surface area contributed by atoms with Crippen molar-refractivity contribution in [1.82, 2.24) is 9.55 Å². The molecule has 0 aliphatic heterocycles. The van der Waals surface area contributed by atoms with Gasteiger partial charge in [-0.15, -0.1) is 6.58 Å². The molecule has 3 aromatic rings. The van der Waals surface area contributed by atoms with Gasteiger partial charge in [0.2, 0.25) is 0 Å². The number of aromatic amines is 1. The zero-order chi connectivity index (χ0) is 18.9. The quantitative estimate of drug-likeness (QED) is 0.615. The molecule has 0 fully saturated rings. The second-order valence-electron chi connectivity index (χ2n) is 6.05. The first kappa shape index (κ1) is 19.3. The minimum atomic E-state index is -0.0896. The Morgan fingerprint density at radius 1 is 1.15 bits per heavy atom. The maximum absolute atomic E-state index is 12.2. The lowest BCUT2D eigenvalue weighted by Crippen LogP contribution is -2.19. The van der Waals surface area contributed by atoms with Gasteiger partial charge in [-0.05, 0) is 44.0 Å². The summed E-state index contributed by atoms with van der Waals surface area (Å²) >= 11 is 0. The molecule has 0 bridgehead atoms. The number of rotatable bonds is 5. The third kappa shape index (κ3) is 4.99. The molecule has 1 unspecified atom stereocenters. The SMILES string of the molecule is C/C=C\C(C)Cn1c(=O)[nH]c2cc(Oc3ccccc3)ccc21.C=CC. The fraction of sp³-hybridized carbons (Fsp3) is 0.227. The average molecular weight is 350 g/mol. The van der Waals surface area contributed by atoms with Crippen LogP contribution in [0.4, 0.5) is 0 Å². The summed E-state index contributed by atoms with van der Waals surface area (Å²) in [4.78, 5) is 15.1. The summed E-state index contributed by atoms with van der Waals surface area (Å²) in [5.41, 5.74) is 1.59. The van der Waals surface area contributed by atoms with Gasteiger partial charge in [0.25, 0.3) is 0 Å². The van der Waals surface area contributed by atoms with Crippen molar-refractivity contribution in [3.8, 4) is 11.5 Å². The number of nitrogens with zero attached hydrogens (tertiary/aromatic N) is 1. The third-order valence-electron chi connectivity index (χ3n) is 3.72. The molecule has 1 N–H and O–H groups in total. The molecular weight excluding hydrogens is 324 g/mol. The zero-order valence-electron chi connectivity index (χ0n) is 15.6. The van der Waals surface area contributed by atoms with Crippen molar-refractivity contribution >= 4 is 11.0 Å². The molecule has 1 heterocycles. The van der Waals surface area contributed by atoms with E-state index in [1.165, 1.54) is 0 Å². The molecule has 0 saturated carbocycles. The van der Waals surface area contributed by atoms with E-state index in [0.717, 1.165) is 16.8 Å². The van der Waals surface area contributed by atoms with E-state index in [4.69, 9.17) is 4.74 Å². The summed E-state index contributed by atoms with van der Waals surface area (Å²) in [6.45, 7) is 9.99. The molecule has 3 rings (SSSR count). The van der Waals surface area contributed by atoms with Gasteiger partial charge in [0, 0.05) is 12.6 Å². The number of nitrogens with one attached hydrogen (secondary N) is 1. The summed E-state index contributed by atoms with van der Waals surface area (Å²) < 4.78 is 7.58. The molecule has 0 saturated heterocycles. The Kier molecular flexibility index (Phi) is 7.03. The molecule has 26 heavy (non-hydrogen) atoms. The predicted octanol–water partition coefficient (Wildman–Crippen LogP) is 5.53. The van der Waals surface area contributed by atoms with Crippen molar-refractivity contribution in [2.45, 2.75) is 27.3 Å². The summed E-state index contributed by atoms with van der Waals surface area (Å²) in [5, 5.41) is 0. The monoisotopic (exact) mass is 350 g/mol. The lowest BCUT2D eigenvalue weighted by atomic mass is 10.1. The number of aromatic nitrogens is 2. The van der Waals surface area contributed by atoms with Crippen LogP contribution in [-0.4, -0.2) is 9.55 Å². The number of benzene rings is 2. The minimum absolute atomic E-state index is 0.0896. The Balaban J connectivity index is 0.000000758. The maximum Gasteiger partial charge on any atom is 0.326 e. The van der Waals surface area contributed by atoms with Crippen molar-refractivity contribution in [3.63, 3.8) is 0 Å². The zero-order valence-corrected chi connectivity index (χ0v) is 15.6. The summed E-state index contributed by atoms with van der Waals surface area (Å²) in [6.07, 6.45) is 5.86. The number of H-pyrrole nitrogens is 1. The molecule has 2 aromatic carbocycles. The van der Waals surface area contributed by atoms with E-state index in [2.05, 4.69) is 24.6 Å². The van der Waals surface area contributed by atoms with Gasteiger partial charge in [0.1, 0.15) is 11.5 Å². The highest BCUT2D eigenvalue weighted by molar-refractivity contribution is 5.77. The highest BCUT2D eigenvalue weighted by Gasteiger charge is 2.10. The fourth-order valence-corrected chi connectivity index (χ4v) is 2.69. The summed E-state index contributed by atoms with van der Waals surface area (Å²) in [5.74, 6) is 1.78. The smallest absolute Gasteiger partial charge is 0.326 e. The molecule has 0 aliphatic rings. The van der Waals surface area contributed by atoms with E-state index in [1.54, 1.807) is 10.6 Å². The number of fused-ring (bicyclic) bond motifs is 1. The second-order valence-corrected chi connectivity index (χ2v) is 6.05. The van der Waals surface area contributed by atoms with E-state index < -0.39 is 0 Å². The number of hydrogen-bond donors (Lipinski definition) is 1. The van der Waals surface area contributed by atoms with Crippen LogP contribution in [0, 0.1) is 5.92 Å². The molecule has 136 valence electrons. The van der Waals surface area contributed by atoms with E-state index in [9.17, 15) is 4.79 Å². The first-order valence-electron chi connectivity index (χ1n) is 8.74. The van der Waals surface area contributed by atoms with Crippen molar-refractivity contribution in [2.75, 3.05) is 0 Å². The summed E-state index contributed by atoms with van der Waals surface area (Å²) in [6, 6.07) is 15.3. The first-order valence-corrected chi connectivity index (χ1v) is 8.74. The van der Waals surface area contributed by atoms with Crippen LogP contribution in [0.5, 0.6) is 11.5 Å². The van der Waals surface area contributed by atoms with Crippen LogP contribution in [0.1, 0.15) is 20.8 Å². The normalized spacial score (nSPS) is 11.8. The highest BCUT2D eigenvalue weighted by atomic mass is 16.5. The van der Waals surface area contributed by atoms with Gasteiger partial charge in [-0.2, -0.15) is 0 Å². The predicted molar refractivity (Wildman–Crippen MR) is 109 cm³/mol. The number of ether oxygens (including phenoxy) is 1. The van der Waals surface area contributed by atoms with Gasteiger partial charge in [-0.1, -0.05) is 43.4 Å². The van der Waals surface area contributed by atoms with Crippen LogP contribution in [0.15, 0.2) is 78.1 Å². The van der Waals surface area contributed by atoms with Gasteiger partial charge in [0.05, 0.1) is 11.0 Å². The highest BCUT2D eigenvalue weighted by Crippen LogP contribution is 2.24. The maximum atomic E-state index is 12.2. The Bertz CT molecular complexity index is 920. The fourth-order valence-electron chi connectivity index (χ4n) is 2.69. The van der Waals surface area contributed by atoms with E-state index >= 15 is 0 Å². The van der Waals surface area contributed by atoms with Gasteiger partial charge >= 0.3 is 5.69 Å². The minimum Gasteiger partial charge on any atom is -0.457 e. The average Bonchev–Trinajstić information content (AvgIpc) is 2.91. The molecule has 4 heteroatoms. The van der Waals surface area contributed by atoms with E-state index in [-0.39, 0.29) is 5.69 Å². The molecule has 0 amide bonds. The summed E-state index contributed by atoms with van der Waals surface area (Å²) in [7, 11) is 0. The lowest BCUT2D eigenvalue weighted by molar-refractivity contribution is 0.483. The Morgan fingerprint density at radius 3 is 2.50 bits per heavy atom. The molecule has 0 radical (unpaired) electrons. The van der Waals surface area contributed by atoms with Crippen LogP contribution in [0.2, 0.25) is 0 Å². The largest absolute Gasteiger partial charge is 0.457 e. The molecule has 4 nitrogen and oxygen atoms in total. The number of hydrogen-bond acceptors (Lipinski definition) is 2. The number of para-hydroxylation sites is 1. The standard InChI is InChI=1S/C19H20N2O2.C3H6/c1-3-7-14(2)13-21-18-11-10-16(12-17(18)20-19(21)22)23-15-8-5-4-6-9-15;1-3-2/h3-12,14H,13H2,1-2H3,(H,20,22);3H,1H2,2H3/b7-3-;. The Hall–Kier alpha value is -3.01. The molecule has 0 aliphatic carbocycles. The van der Waals surface area contributed by atoms with Crippen molar-refractivity contribution in [1.29, 1.82) is 0 Å². The molecule has 1 aromatic heterocycles. The van der Waals surface area contributed by atoms with Crippen LogP contribution in [0.3, 0.4) is 0 Å². The first-order chi connectivity index (χ1) is 12.6. The van der Waals surface area contributed by atoms with E-state index in [0.29, 0.717) is 18.2 Å². The van der Waals surface area contributed by atoms with Gasteiger partial charge < -0.3 is 9.72 Å². The van der Waals surface area contributed by atoms with Crippen molar-refractivity contribution in [3.05, 3.63) is 83.8 Å². The third-order valence-corrected chi connectivity index (χ3v) is 3.72. The Morgan fingerprint density at radius 2 is 1.85 bits per heavy atom. The Labute approximate surface area is 154 Å². The molecule has 0 spiro atoms. The van der Waals surface area contributed by atoms with Gasteiger partial charge in [0.15, 0.2) is 0 Å².